The van der Waals surface area contributed by atoms with Crippen molar-refractivity contribution in [1.82, 2.24) is 0 Å². The van der Waals surface area contributed by atoms with Crippen molar-refractivity contribution in [3.05, 3.63) is 64.7 Å². The minimum atomic E-state index is -5.21. The van der Waals surface area contributed by atoms with Crippen LogP contribution in [-0.4, -0.2) is 11.8 Å². The number of hydrogen-bond donors (Lipinski definition) is 0. The maximum Gasteiger partial charge on any atom is 0.421 e. The van der Waals surface area contributed by atoms with Crippen LogP contribution in [0.3, 0.4) is 0 Å². The van der Waals surface area contributed by atoms with Crippen LogP contribution in [0, 0.1) is 11.6 Å². The number of benzene rings is 2. The monoisotopic (exact) mass is 327 g/mol. The van der Waals surface area contributed by atoms with Gasteiger partial charge in [-0.25, -0.2) is 13.7 Å². The number of hydrogen-bond acceptors (Lipinski definition) is 2. The molecule has 2 aromatic rings. The molecule has 1 aliphatic heterocycles. The zero-order chi connectivity index (χ0) is 16.9. The molecule has 1 aliphatic rings. The van der Waals surface area contributed by atoms with Crippen LogP contribution < -0.4 is 4.90 Å². The molecule has 0 unspecified atom stereocenters. The van der Waals surface area contributed by atoms with E-state index in [1.807, 2.05) is 0 Å². The van der Waals surface area contributed by atoms with Gasteiger partial charge in [-0.1, -0.05) is 12.1 Å². The van der Waals surface area contributed by atoms with Crippen LogP contribution in [0.15, 0.2) is 36.4 Å². The molecule has 8 heteroatoms. The first kappa shape index (κ1) is 15.1. The zero-order valence-corrected chi connectivity index (χ0v) is 11.1. The Morgan fingerprint density at radius 2 is 1.39 bits per heavy atom. The molecule has 3 rings (SSSR count). The van der Waals surface area contributed by atoms with Gasteiger partial charge in [0.05, 0.1) is 16.8 Å². The summed E-state index contributed by atoms with van der Waals surface area (Å²) >= 11 is 0. The second-order valence-electron chi connectivity index (χ2n) is 4.77. The molecule has 0 radical (unpaired) electrons. The Morgan fingerprint density at radius 3 is 1.87 bits per heavy atom. The third-order valence-electron chi connectivity index (χ3n) is 3.35. The number of amides is 2. The molecule has 2 aromatic carbocycles. The molecule has 0 aliphatic carbocycles. The molecule has 0 aromatic heterocycles. The van der Waals surface area contributed by atoms with E-state index in [2.05, 4.69) is 0 Å². The second-order valence-corrected chi connectivity index (χ2v) is 4.77. The Balaban J connectivity index is 2.25. The first-order chi connectivity index (χ1) is 10.7. The zero-order valence-electron chi connectivity index (χ0n) is 11.1. The number of nitrogens with zero attached hydrogens (tertiary/aromatic N) is 1. The maximum absolute atomic E-state index is 13.6. The van der Waals surface area contributed by atoms with E-state index in [0.29, 0.717) is 6.07 Å². The highest BCUT2D eigenvalue weighted by molar-refractivity contribution is 6.34. The van der Waals surface area contributed by atoms with Crippen molar-refractivity contribution < 1.29 is 31.5 Å². The number of halogens is 5. The summed E-state index contributed by atoms with van der Waals surface area (Å²) in [4.78, 5) is 24.5. The summed E-state index contributed by atoms with van der Waals surface area (Å²) in [5, 5.41) is 0. The van der Waals surface area contributed by atoms with Crippen molar-refractivity contribution >= 4 is 17.5 Å². The number of alkyl halides is 3. The minimum absolute atomic E-state index is 0.0461. The predicted octanol–water partition coefficient (Wildman–Crippen LogP) is 3.78. The van der Waals surface area contributed by atoms with Crippen LogP contribution in [0.2, 0.25) is 0 Å². The van der Waals surface area contributed by atoms with E-state index in [1.165, 1.54) is 24.3 Å². The lowest BCUT2D eigenvalue weighted by atomic mass is 10.1. The van der Waals surface area contributed by atoms with Crippen LogP contribution in [0.1, 0.15) is 26.3 Å². The van der Waals surface area contributed by atoms with Gasteiger partial charge < -0.3 is 0 Å². The first-order valence-electron chi connectivity index (χ1n) is 6.26. The molecular formula is C15H6F5NO2. The van der Waals surface area contributed by atoms with Crippen LogP contribution in [0.25, 0.3) is 0 Å². The summed E-state index contributed by atoms with van der Waals surface area (Å²) in [6.07, 6.45) is -5.21. The lowest BCUT2D eigenvalue weighted by Gasteiger charge is -2.20. The number of fused-ring (bicyclic) bond motifs is 1. The van der Waals surface area contributed by atoms with Crippen LogP contribution >= 0.6 is 0 Å². The normalized spacial score (nSPS) is 14.4. The fourth-order valence-electron chi connectivity index (χ4n) is 2.43. The first-order valence-corrected chi connectivity index (χ1v) is 6.26. The van der Waals surface area contributed by atoms with Gasteiger partial charge in [0.2, 0.25) is 0 Å². The number of carbonyl (C=O) groups is 2. The van der Waals surface area contributed by atoms with Crippen molar-refractivity contribution in [2.45, 2.75) is 6.18 Å². The standard InChI is InChI=1S/C15H6F5NO2/c16-7-5-10(17)12(15(18,19)20)11(6-7)21-13(22)8-3-1-2-4-9(8)14(21)23/h1-6H. The molecule has 0 fully saturated rings. The van der Waals surface area contributed by atoms with Gasteiger partial charge in [-0.05, 0) is 18.2 Å². The lowest BCUT2D eigenvalue weighted by molar-refractivity contribution is -0.139. The minimum Gasteiger partial charge on any atom is -0.268 e. The summed E-state index contributed by atoms with van der Waals surface area (Å²) in [6, 6.07) is 5.70. The molecule has 0 saturated heterocycles. The Bertz CT molecular complexity index is 809. The molecule has 1 heterocycles. The number of imide groups is 1. The van der Waals surface area contributed by atoms with Gasteiger partial charge in [0.1, 0.15) is 17.2 Å². The quantitative estimate of drug-likeness (QED) is 0.590. The molecule has 2 amide bonds. The molecular weight excluding hydrogens is 321 g/mol. The Kier molecular flexibility index (Phi) is 3.20. The Labute approximate surface area is 125 Å². The molecule has 3 nitrogen and oxygen atoms in total. The van der Waals surface area contributed by atoms with Gasteiger partial charge in [-0.15, -0.1) is 0 Å². The SMILES string of the molecule is O=C1c2ccccc2C(=O)N1c1cc(F)cc(F)c1C(F)(F)F. The maximum atomic E-state index is 13.6. The van der Waals surface area contributed by atoms with E-state index in [-0.39, 0.29) is 22.1 Å². The lowest BCUT2D eigenvalue weighted by Crippen LogP contribution is -2.32. The van der Waals surface area contributed by atoms with Crippen molar-refractivity contribution in [1.29, 1.82) is 0 Å². The van der Waals surface area contributed by atoms with E-state index in [9.17, 15) is 31.5 Å². The van der Waals surface area contributed by atoms with Crippen molar-refractivity contribution in [2.24, 2.45) is 0 Å². The summed E-state index contributed by atoms with van der Waals surface area (Å²) in [6.45, 7) is 0. The summed E-state index contributed by atoms with van der Waals surface area (Å²) in [5.41, 5.74) is -3.29. The van der Waals surface area contributed by atoms with Gasteiger partial charge in [-0.3, -0.25) is 9.59 Å². The van der Waals surface area contributed by atoms with Crippen molar-refractivity contribution in [2.75, 3.05) is 4.90 Å². The third-order valence-corrected chi connectivity index (χ3v) is 3.35. The van der Waals surface area contributed by atoms with E-state index in [0.717, 1.165) is 0 Å². The van der Waals surface area contributed by atoms with Crippen LogP contribution in [0.4, 0.5) is 27.6 Å². The smallest absolute Gasteiger partial charge is 0.268 e. The van der Waals surface area contributed by atoms with E-state index >= 15 is 0 Å². The fourth-order valence-corrected chi connectivity index (χ4v) is 2.43. The highest BCUT2D eigenvalue weighted by atomic mass is 19.4. The largest absolute Gasteiger partial charge is 0.421 e. The summed E-state index contributed by atoms with van der Waals surface area (Å²) < 4.78 is 66.2. The molecule has 0 bridgehead atoms. The molecule has 118 valence electrons. The van der Waals surface area contributed by atoms with Gasteiger partial charge in [0, 0.05) is 6.07 Å². The van der Waals surface area contributed by atoms with Gasteiger partial charge in [0.15, 0.2) is 0 Å². The number of rotatable bonds is 1. The Morgan fingerprint density at radius 1 is 0.870 bits per heavy atom. The fraction of sp³-hybridized carbons (Fsp3) is 0.0667. The number of carbonyl (C=O) groups excluding carboxylic acids is 2. The van der Waals surface area contributed by atoms with Gasteiger partial charge in [0.25, 0.3) is 11.8 Å². The van der Waals surface area contributed by atoms with Crippen molar-refractivity contribution in [3.8, 4) is 0 Å². The van der Waals surface area contributed by atoms with E-state index < -0.39 is 40.9 Å². The highest BCUT2D eigenvalue weighted by Gasteiger charge is 2.44. The second kappa shape index (κ2) is 4.87. The predicted molar refractivity (Wildman–Crippen MR) is 68.9 cm³/mol. The van der Waals surface area contributed by atoms with Crippen LogP contribution in [0.5, 0.6) is 0 Å². The van der Waals surface area contributed by atoms with Gasteiger partial charge >= 0.3 is 6.18 Å². The molecule has 0 saturated carbocycles. The Hall–Kier alpha value is -2.77. The number of anilines is 1. The van der Waals surface area contributed by atoms with E-state index in [4.69, 9.17) is 0 Å². The average molecular weight is 327 g/mol. The van der Waals surface area contributed by atoms with Crippen LogP contribution in [-0.2, 0) is 6.18 Å². The molecule has 0 N–H and O–H groups in total. The van der Waals surface area contributed by atoms with Crippen molar-refractivity contribution in [3.63, 3.8) is 0 Å². The average Bonchev–Trinajstić information content (AvgIpc) is 2.69. The summed E-state index contributed by atoms with van der Waals surface area (Å²) in [7, 11) is 0. The summed E-state index contributed by atoms with van der Waals surface area (Å²) in [5.74, 6) is -5.37. The molecule has 23 heavy (non-hydrogen) atoms. The molecule has 0 atom stereocenters. The third kappa shape index (κ3) is 2.26. The topological polar surface area (TPSA) is 37.4 Å². The highest BCUT2D eigenvalue weighted by Crippen LogP contribution is 2.41. The van der Waals surface area contributed by atoms with E-state index in [1.54, 1.807) is 0 Å². The molecule has 0 spiro atoms. The van der Waals surface area contributed by atoms with Gasteiger partial charge in [-0.2, -0.15) is 13.2 Å².